The van der Waals surface area contributed by atoms with Gasteiger partial charge in [-0.05, 0) is 25.1 Å². The number of alkyl halides is 2. The maximum atomic E-state index is 12.3. The minimum atomic E-state index is -2.82. The first kappa shape index (κ1) is 15.4. The molecular weight excluding hydrogens is 276 g/mol. The summed E-state index contributed by atoms with van der Waals surface area (Å²) in [5.41, 5.74) is 2.57. The smallest absolute Gasteiger partial charge is 0.387 e. The Labute approximate surface area is 122 Å². The molecule has 0 amide bonds. The minimum Gasteiger partial charge on any atom is -0.435 e. The van der Waals surface area contributed by atoms with Gasteiger partial charge in [-0.3, -0.25) is 4.68 Å². The number of aryl methyl sites for hydroxylation is 1. The van der Waals surface area contributed by atoms with Crippen LogP contribution in [0.4, 0.5) is 8.78 Å². The first-order valence-corrected chi connectivity index (χ1v) is 6.88. The second kappa shape index (κ2) is 7.17. The SMILES string of the molecule is CCCNCc1cn(C)nc1-c1cccc(OC(F)F)c1. The zero-order chi connectivity index (χ0) is 15.2. The van der Waals surface area contributed by atoms with E-state index in [9.17, 15) is 8.78 Å². The van der Waals surface area contributed by atoms with Crippen molar-refractivity contribution < 1.29 is 13.5 Å². The van der Waals surface area contributed by atoms with E-state index in [1.807, 2.05) is 19.3 Å². The number of hydrogen-bond donors (Lipinski definition) is 1. The fourth-order valence-electron chi connectivity index (χ4n) is 2.13. The van der Waals surface area contributed by atoms with Crippen LogP contribution in [0.1, 0.15) is 18.9 Å². The van der Waals surface area contributed by atoms with Crippen LogP contribution in [0.3, 0.4) is 0 Å². The van der Waals surface area contributed by atoms with Gasteiger partial charge in [0.2, 0.25) is 0 Å². The van der Waals surface area contributed by atoms with E-state index in [2.05, 4.69) is 22.1 Å². The predicted octanol–water partition coefficient (Wildman–Crippen LogP) is 3.19. The van der Waals surface area contributed by atoms with E-state index in [4.69, 9.17) is 0 Å². The number of rotatable bonds is 7. The minimum absolute atomic E-state index is 0.139. The summed E-state index contributed by atoms with van der Waals surface area (Å²) in [6.07, 6.45) is 2.98. The van der Waals surface area contributed by atoms with Crippen LogP contribution in [0.15, 0.2) is 30.5 Å². The first-order valence-electron chi connectivity index (χ1n) is 6.88. The summed E-state index contributed by atoms with van der Waals surface area (Å²) in [5, 5.41) is 7.73. The Bertz CT molecular complexity index is 584. The van der Waals surface area contributed by atoms with Crippen molar-refractivity contribution in [2.24, 2.45) is 7.05 Å². The largest absolute Gasteiger partial charge is 0.435 e. The molecular formula is C15H19F2N3O. The van der Waals surface area contributed by atoms with Crippen LogP contribution in [0, 0.1) is 0 Å². The van der Waals surface area contributed by atoms with Gasteiger partial charge in [0.25, 0.3) is 0 Å². The third-order valence-corrected chi connectivity index (χ3v) is 2.98. The van der Waals surface area contributed by atoms with E-state index in [1.54, 1.807) is 16.8 Å². The monoisotopic (exact) mass is 295 g/mol. The summed E-state index contributed by atoms with van der Waals surface area (Å²) in [6.45, 7) is 0.886. The van der Waals surface area contributed by atoms with Crippen molar-refractivity contribution in [1.82, 2.24) is 15.1 Å². The number of aromatic nitrogens is 2. The molecule has 0 fully saturated rings. The maximum Gasteiger partial charge on any atom is 0.387 e. The highest BCUT2D eigenvalue weighted by Crippen LogP contribution is 2.26. The third kappa shape index (κ3) is 4.26. The molecule has 6 heteroatoms. The fraction of sp³-hybridized carbons (Fsp3) is 0.400. The van der Waals surface area contributed by atoms with Gasteiger partial charge in [0, 0.05) is 30.9 Å². The van der Waals surface area contributed by atoms with Gasteiger partial charge < -0.3 is 10.1 Å². The lowest BCUT2D eigenvalue weighted by molar-refractivity contribution is -0.0498. The Morgan fingerprint density at radius 2 is 2.19 bits per heavy atom. The van der Waals surface area contributed by atoms with E-state index < -0.39 is 6.61 Å². The molecule has 1 aromatic heterocycles. The Hall–Kier alpha value is -1.95. The molecule has 1 aromatic carbocycles. The molecule has 0 unspecified atom stereocenters. The van der Waals surface area contributed by atoms with Crippen LogP contribution in [-0.4, -0.2) is 22.9 Å². The summed E-state index contributed by atoms with van der Waals surface area (Å²) in [6, 6.07) is 6.61. The van der Waals surface area contributed by atoms with Crippen molar-refractivity contribution >= 4 is 0 Å². The number of hydrogen-bond acceptors (Lipinski definition) is 3. The van der Waals surface area contributed by atoms with Gasteiger partial charge in [-0.15, -0.1) is 0 Å². The van der Waals surface area contributed by atoms with Crippen LogP contribution in [0.25, 0.3) is 11.3 Å². The quantitative estimate of drug-likeness (QED) is 0.797. The Morgan fingerprint density at radius 3 is 2.90 bits per heavy atom. The molecule has 1 heterocycles. The molecule has 0 bridgehead atoms. The number of nitrogens with zero attached hydrogens (tertiary/aromatic N) is 2. The lowest BCUT2D eigenvalue weighted by atomic mass is 10.1. The molecule has 0 spiro atoms. The highest BCUT2D eigenvalue weighted by molar-refractivity contribution is 5.64. The fourth-order valence-corrected chi connectivity index (χ4v) is 2.13. The number of nitrogens with one attached hydrogen (secondary N) is 1. The number of benzene rings is 1. The molecule has 4 nitrogen and oxygen atoms in total. The molecule has 2 aromatic rings. The van der Waals surface area contributed by atoms with Gasteiger partial charge in [-0.25, -0.2) is 0 Å². The zero-order valence-electron chi connectivity index (χ0n) is 12.1. The van der Waals surface area contributed by atoms with E-state index in [1.165, 1.54) is 6.07 Å². The second-order valence-electron chi connectivity index (χ2n) is 4.76. The third-order valence-electron chi connectivity index (χ3n) is 2.98. The normalized spacial score (nSPS) is 11.1. The van der Waals surface area contributed by atoms with Crippen LogP contribution in [0.2, 0.25) is 0 Å². The van der Waals surface area contributed by atoms with E-state index in [-0.39, 0.29) is 5.75 Å². The molecule has 2 rings (SSSR count). The van der Waals surface area contributed by atoms with Crippen molar-refractivity contribution in [3.8, 4) is 17.0 Å². The first-order chi connectivity index (χ1) is 10.1. The van der Waals surface area contributed by atoms with Crippen molar-refractivity contribution in [2.45, 2.75) is 26.5 Å². The van der Waals surface area contributed by atoms with Gasteiger partial charge in [0.15, 0.2) is 0 Å². The van der Waals surface area contributed by atoms with E-state index >= 15 is 0 Å². The van der Waals surface area contributed by atoms with E-state index in [0.717, 1.165) is 29.8 Å². The standard InChI is InChI=1S/C15H19F2N3O/c1-3-7-18-9-12-10-20(2)19-14(12)11-5-4-6-13(8-11)21-15(16)17/h4-6,8,10,15,18H,3,7,9H2,1-2H3. The van der Waals surface area contributed by atoms with Crippen LogP contribution >= 0.6 is 0 Å². The molecule has 0 saturated carbocycles. The van der Waals surface area contributed by atoms with Crippen molar-refractivity contribution in [3.05, 3.63) is 36.0 Å². The van der Waals surface area contributed by atoms with Gasteiger partial charge in [0.05, 0.1) is 5.69 Å². The van der Waals surface area contributed by atoms with Crippen LogP contribution in [-0.2, 0) is 13.6 Å². The van der Waals surface area contributed by atoms with Crippen LogP contribution < -0.4 is 10.1 Å². The van der Waals surface area contributed by atoms with E-state index in [0.29, 0.717) is 6.54 Å². The zero-order valence-corrected chi connectivity index (χ0v) is 12.1. The molecule has 0 radical (unpaired) electrons. The molecule has 21 heavy (non-hydrogen) atoms. The molecule has 1 N–H and O–H groups in total. The topological polar surface area (TPSA) is 39.1 Å². The summed E-state index contributed by atoms with van der Waals surface area (Å²) in [5.74, 6) is 0.139. The Kier molecular flexibility index (Phi) is 5.27. The number of ether oxygens (including phenoxy) is 1. The van der Waals surface area contributed by atoms with Crippen molar-refractivity contribution in [3.63, 3.8) is 0 Å². The highest BCUT2D eigenvalue weighted by Gasteiger charge is 2.12. The molecule has 114 valence electrons. The lowest BCUT2D eigenvalue weighted by Crippen LogP contribution is -2.13. The average Bonchev–Trinajstić information content (AvgIpc) is 2.80. The van der Waals surface area contributed by atoms with Crippen molar-refractivity contribution in [1.29, 1.82) is 0 Å². The Morgan fingerprint density at radius 1 is 1.38 bits per heavy atom. The second-order valence-corrected chi connectivity index (χ2v) is 4.76. The maximum absolute atomic E-state index is 12.3. The summed E-state index contributed by atoms with van der Waals surface area (Å²) in [4.78, 5) is 0. The van der Waals surface area contributed by atoms with Gasteiger partial charge in [-0.1, -0.05) is 19.1 Å². The van der Waals surface area contributed by atoms with Gasteiger partial charge in [-0.2, -0.15) is 13.9 Å². The average molecular weight is 295 g/mol. The van der Waals surface area contributed by atoms with Gasteiger partial charge >= 0.3 is 6.61 Å². The van der Waals surface area contributed by atoms with Crippen LogP contribution in [0.5, 0.6) is 5.75 Å². The molecule has 0 saturated heterocycles. The lowest BCUT2D eigenvalue weighted by Gasteiger charge is -2.07. The Balaban J connectivity index is 2.24. The highest BCUT2D eigenvalue weighted by atomic mass is 19.3. The summed E-state index contributed by atoms with van der Waals surface area (Å²) >= 11 is 0. The summed E-state index contributed by atoms with van der Waals surface area (Å²) in [7, 11) is 1.84. The molecule has 0 aliphatic rings. The van der Waals surface area contributed by atoms with Gasteiger partial charge in [0.1, 0.15) is 5.75 Å². The molecule has 0 atom stereocenters. The molecule has 0 aliphatic heterocycles. The summed E-state index contributed by atoms with van der Waals surface area (Å²) < 4.78 is 30.7. The molecule has 0 aliphatic carbocycles. The number of halogens is 2. The van der Waals surface area contributed by atoms with Crippen molar-refractivity contribution in [2.75, 3.05) is 6.54 Å². The predicted molar refractivity (Wildman–Crippen MR) is 77.3 cm³/mol.